The minimum Gasteiger partial charge on any atom is -1.00 e. The molecule has 0 fully saturated rings. The minimum absolute atomic E-state index is 0. The maximum Gasteiger partial charge on any atom is 0.181 e. The Bertz CT molecular complexity index is 438. The zero-order chi connectivity index (χ0) is 11.4. The first-order valence-electron chi connectivity index (χ1n) is 5.64. The lowest BCUT2D eigenvalue weighted by Gasteiger charge is -1.99. The third-order valence-electron chi connectivity index (χ3n) is 2.96. The first-order valence-corrected chi connectivity index (χ1v) is 5.64. The molecule has 2 rings (SSSR count). The van der Waals surface area contributed by atoms with E-state index < -0.39 is 0 Å². The van der Waals surface area contributed by atoms with Gasteiger partial charge in [-0.25, -0.2) is 9.13 Å². The Balaban J connectivity index is 0.00000144. The Morgan fingerprint density at radius 3 is 1.53 bits per heavy atom. The summed E-state index contributed by atoms with van der Waals surface area (Å²) in [5.74, 6) is 0. The quantitative estimate of drug-likeness (QED) is 0.456. The number of hydrogen-bond donors (Lipinski definition) is 0. The standard InChI is InChI=1S/C14H18N2.HI/c1-15-11-5-3-7-13(15)9-10-14-8-4-6-12-16(14)2;/h3-8,11-12H,9-10H2,1-2H3;1H/q+2;/p-1. The molecule has 3 heteroatoms. The summed E-state index contributed by atoms with van der Waals surface area (Å²) in [6.07, 6.45) is 6.35. The number of halogens is 1. The van der Waals surface area contributed by atoms with Crippen LogP contribution < -0.4 is 33.1 Å². The summed E-state index contributed by atoms with van der Waals surface area (Å²) in [6.45, 7) is 0. The van der Waals surface area contributed by atoms with Crippen LogP contribution in [0.5, 0.6) is 0 Å². The summed E-state index contributed by atoms with van der Waals surface area (Å²) in [4.78, 5) is 0. The van der Waals surface area contributed by atoms with Gasteiger partial charge in [0.1, 0.15) is 14.1 Å². The number of aryl methyl sites for hydroxylation is 4. The molecule has 0 unspecified atom stereocenters. The molecule has 2 heterocycles. The molecule has 0 aliphatic carbocycles. The van der Waals surface area contributed by atoms with Gasteiger partial charge in [0.2, 0.25) is 0 Å². The summed E-state index contributed by atoms with van der Waals surface area (Å²) in [7, 11) is 4.20. The summed E-state index contributed by atoms with van der Waals surface area (Å²) >= 11 is 0. The Hall–Kier alpha value is -0.970. The molecule has 0 amide bonds. The van der Waals surface area contributed by atoms with Crippen LogP contribution in [0.4, 0.5) is 0 Å². The van der Waals surface area contributed by atoms with Gasteiger partial charge in [-0.1, -0.05) is 12.1 Å². The van der Waals surface area contributed by atoms with Crippen molar-refractivity contribution >= 4 is 0 Å². The van der Waals surface area contributed by atoms with Crippen LogP contribution in [0.25, 0.3) is 0 Å². The van der Waals surface area contributed by atoms with Crippen LogP contribution in [0, 0.1) is 0 Å². The molecule has 2 nitrogen and oxygen atoms in total. The van der Waals surface area contributed by atoms with Gasteiger partial charge in [0, 0.05) is 37.1 Å². The number of aromatic nitrogens is 2. The summed E-state index contributed by atoms with van der Waals surface area (Å²) in [6, 6.07) is 12.7. The van der Waals surface area contributed by atoms with E-state index in [0.717, 1.165) is 12.8 Å². The molecule has 0 saturated heterocycles. The second-order valence-corrected chi connectivity index (χ2v) is 4.11. The predicted molar refractivity (Wildman–Crippen MR) is 62.6 cm³/mol. The van der Waals surface area contributed by atoms with Crippen molar-refractivity contribution in [2.45, 2.75) is 12.8 Å². The van der Waals surface area contributed by atoms with Crippen molar-refractivity contribution in [3.63, 3.8) is 0 Å². The van der Waals surface area contributed by atoms with Crippen LogP contribution in [0.15, 0.2) is 48.8 Å². The maximum absolute atomic E-state index is 2.18. The third-order valence-corrected chi connectivity index (χ3v) is 2.96. The number of hydrogen-bond acceptors (Lipinski definition) is 0. The smallest absolute Gasteiger partial charge is 0.181 e. The van der Waals surface area contributed by atoms with Crippen molar-refractivity contribution in [3.8, 4) is 0 Å². The molecule has 0 spiro atoms. The molecule has 0 atom stereocenters. The highest BCUT2D eigenvalue weighted by Crippen LogP contribution is 1.99. The summed E-state index contributed by atoms with van der Waals surface area (Å²) in [5, 5.41) is 0. The fraction of sp³-hybridized carbons (Fsp3) is 0.286. The Morgan fingerprint density at radius 1 is 0.765 bits per heavy atom. The van der Waals surface area contributed by atoms with Gasteiger partial charge in [0.05, 0.1) is 0 Å². The van der Waals surface area contributed by atoms with E-state index in [1.807, 2.05) is 0 Å². The van der Waals surface area contributed by atoms with E-state index >= 15 is 0 Å². The highest BCUT2D eigenvalue weighted by atomic mass is 127. The maximum atomic E-state index is 2.18. The zero-order valence-corrected chi connectivity index (χ0v) is 12.5. The Kier molecular flexibility index (Phi) is 5.55. The summed E-state index contributed by atoms with van der Waals surface area (Å²) < 4.78 is 4.37. The Labute approximate surface area is 120 Å². The molecule has 0 aliphatic heterocycles. The molecule has 2 aromatic rings. The molecule has 0 bridgehead atoms. The van der Waals surface area contributed by atoms with Crippen LogP contribution in [-0.2, 0) is 26.9 Å². The van der Waals surface area contributed by atoms with Gasteiger partial charge in [-0.15, -0.1) is 0 Å². The highest BCUT2D eigenvalue weighted by Gasteiger charge is 2.09. The first kappa shape index (κ1) is 14.1. The zero-order valence-electron chi connectivity index (χ0n) is 10.3. The van der Waals surface area contributed by atoms with Crippen molar-refractivity contribution in [2.24, 2.45) is 14.1 Å². The lowest BCUT2D eigenvalue weighted by atomic mass is 10.1. The molecule has 90 valence electrons. The largest absolute Gasteiger partial charge is 1.00 e. The average Bonchev–Trinajstić information content (AvgIpc) is 2.30. The number of rotatable bonds is 3. The van der Waals surface area contributed by atoms with Crippen LogP contribution in [0.2, 0.25) is 0 Å². The molecule has 0 radical (unpaired) electrons. The molecule has 0 saturated carbocycles. The molecule has 17 heavy (non-hydrogen) atoms. The lowest BCUT2D eigenvalue weighted by molar-refractivity contribution is -0.683. The van der Waals surface area contributed by atoms with E-state index in [9.17, 15) is 0 Å². The van der Waals surface area contributed by atoms with Crippen LogP contribution in [-0.4, -0.2) is 0 Å². The van der Waals surface area contributed by atoms with Gasteiger partial charge in [0.25, 0.3) is 0 Å². The van der Waals surface area contributed by atoms with Gasteiger partial charge in [0.15, 0.2) is 23.8 Å². The van der Waals surface area contributed by atoms with Crippen molar-refractivity contribution in [2.75, 3.05) is 0 Å². The van der Waals surface area contributed by atoms with Gasteiger partial charge in [-0.3, -0.25) is 0 Å². The van der Waals surface area contributed by atoms with Gasteiger partial charge in [-0.05, 0) is 0 Å². The van der Waals surface area contributed by atoms with Gasteiger partial charge >= 0.3 is 0 Å². The van der Waals surface area contributed by atoms with E-state index in [1.165, 1.54) is 11.4 Å². The second-order valence-electron chi connectivity index (χ2n) is 4.11. The minimum atomic E-state index is 0. The molecule has 0 N–H and O–H groups in total. The van der Waals surface area contributed by atoms with E-state index in [0.29, 0.717) is 0 Å². The average molecular weight is 341 g/mol. The molecular formula is C14H18IN2+. The second kappa shape index (κ2) is 6.69. The third kappa shape index (κ3) is 3.77. The Morgan fingerprint density at radius 2 is 1.18 bits per heavy atom. The lowest BCUT2D eigenvalue weighted by Crippen LogP contribution is -3.00. The topological polar surface area (TPSA) is 7.76 Å². The van der Waals surface area contributed by atoms with E-state index in [2.05, 4.69) is 72.0 Å². The molecule has 0 aliphatic rings. The fourth-order valence-electron chi connectivity index (χ4n) is 1.89. The predicted octanol–water partition coefficient (Wildman–Crippen LogP) is -1.88. The molecule has 2 aromatic heterocycles. The van der Waals surface area contributed by atoms with Crippen LogP contribution >= 0.6 is 0 Å². The van der Waals surface area contributed by atoms with Crippen molar-refractivity contribution in [1.82, 2.24) is 0 Å². The summed E-state index contributed by atoms with van der Waals surface area (Å²) in [5.41, 5.74) is 2.73. The first-order chi connectivity index (χ1) is 7.77. The molecule has 0 aromatic carbocycles. The fourth-order valence-corrected chi connectivity index (χ4v) is 1.89. The molecular weight excluding hydrogens is 323 g/mol. The monoisotopic (exact) mass is 341 g/mol. The van der Waals surface area contributed by atoms with Crippen molar-refractivity contribution in [1.29, 1.82) is 0 Å². The number of pyridine rings is 2. The SMILES string of the molecule is C[n+]1ccccc1CCc1cccc[n+]1C.[I-]. The van der Waals surface area contributed by atoms with Crippen molar-refractivity contribution < 1.29 is 33.1 Å². The van der Waals surface area contributed by atoms with E-state index in [4.69, 9.17) is 0 Å². The van der Waals surface area contributed by atoms with Gasteiger partial charge in [-0.2, -0.15) is 0 Å². The highest BCUT2D eigenvalue weighted by molar-refractivity contribution is 5.02. The van der Waals surface area contributed by atoms with Gasteiger partial charge < -0.3 is 24.0 Å². The van der Waals surface area contributed by atoms with E-state index in [-0.39, 0.29) is 24.0 Å². The van der Waals surface area contributed by atoms with Crippen LogP contribution in [0.3, 0.4) is 0 Å². The normalized spacial score (nSPS) is 9.76. The van der Waals surface area contributed by atoms with E-state index in [1.54, 1.807) is 0 Å². The van der Waals surface area contributed by atoms with Crippen molar-refractivity contribution in [3.05, 3.63) is 60.2 Å². The van der Waals surface area contributed by atoms with Crippen LogP contribution in [0.1, 0.15) is 11.4 Å². The number of nitrogens with zero attached hydrogens (tertiary/aromatic N) is 2.